The second kappa shape index (κ2) is 33.7. The minimum Gasteiger partial charge on any atom is -0.466 e. The molecule has 6 heteroatoms. The summed E-state index contributed by atoms with van der Waals surface area (Å²) in [5.74, 6) is 0.702. The zero-order valence-electron chi connectivity index (χ0n) is 33.8. The average Bonchev–Trinajstić information content (AvgIpc) is 3.89. The summed E-state index contributed by atoms with van der Waals surface area (Å²) >= 11 is 0. The Balaban J connectivity index is 2.10. The summed E-state index contributed by atoms with van der Waals surface area (Å²) in [6.45, 7) is 11.0. The SMILES string of the molecule is CCCCCCCCCC(=O)OCCCCCCCN(CCO)CCCCC1(CCC(=O)OCCC(CCCCCC)CCCCCC)CC1. The van der Waals surface area contributed by atoms with Crippen LogP contribution in [-0.2, 0) is 19.1 Å². The predicted octanol–water partition coefficient (Wildman–Crippen LogP) is 12.1. The number of unbranched alkanes of at least 4 members (excludes halogenated alkanes) is 17. The maximum atomic E-state index is 12.6. The van der Waals surface area contributed by atoms with Crippen LogP contribution in [0.1, 0.15) is 220 Å². The molecule has 50 heavy (non-hydrogen) atoms. The zero-order chi connectivity index (χ0) is 36.4. The van der Waals surface area contributed by atoms with Gasteiger partial charge >= 0.3 is 11.9 Å². The molecule has 1 N–H and O–H groups in total. The lowest BCUT2D eigenvalue weighted by Crippen LogP contribution is -2.29. The number of nitrogens with zero attached hydrogens (tertiary/aromatic N) is 1. The van der Waals surface area contributed by atoms with Crippen molar-refractivity contribution in [2.45, 2.75) is 220 Å². The fraction of sp³-hybridized carbons (Fsp3) is 0.955. The molecular formula is C44H85NO5. The van der Waals surface area contributed by atoms with Crippen LogP contribution >= 0.6 is 0 Å². The molecule has 0 heterocycles. The molecule has 0 atom stereocenters. The van der Waals surface area contributed by atoms with Gasteiger partial charge in [-0.15, -0.1) is 0 Å². The van der Waals surface area contributed by atoms with E-state index in [9.17, 15) is 14.7 Å². The number of hydrogen-bond acceptors (Lipinski definition) is 6. The molecule has 0 saturated heterocycles. The smallest absolute Gasteiger partial charge is 0.305 e. The van der Waals surface area contributed by atoms with Crippen molar-refractivity contribution in [1.82, 2.24) is 4.90 Å². The zero-order valence-corrected chi connectivity index (χ0v) is 33.8. The van der Waals surface area contributed by atoms with Crippen LogP contribution in [0.25, 0.3) is 0 Å². The van der Waals surface area contributed by atoms with Gasteiger partial charge in [0.15, 0.2) is 0 Å². The molecular weight excluding hydrogens is 622 g/mol. The Morgan fingerprint density at radius 2 is 1.04 bits per heavy atom. The lowest BCUT2D eigenvalue weighted by atomic mass is 9.92. The minimum absolute atomic E-state index is 0.0147. The molecule has 1 aliphatic carbocycles. The third-order valence-corrected chi connectivity index (χ3v) is 11.3. The van der Waals surface area contributed by atoms with E-state index in [4.69, 9.17) is 9.47 Å². The maximum Gasteiger partial charge on any atom is 0.305 e. The highest BCUT2D eigenvalue weighted by molar-refractivity contribution is 5.69. The Kier molecular flexibility index (Phi) is 31.6. The molecule has 0 aromatic rings. The van der Waals surface area contributed by atoms with Gasteiger partial charge in [-0.1, -0.05) is 149 Å². The normalized spacial score (nSPS) is 13.7. The summed E-state index contributed by atoms with van der Waals surface area (Å²) in [6, 6.07) is 0. The number of aliphatic hydroxyl groups is 1. The number of ether oxygens (including phenoxy) is 2. The van der Waals surface area contributed by atoms with Crippen molar-refractivity contribution < 1.29 is 24.2 Å². The van der Waals surface area contributed by atoms with Crippen LogP contribution in [0, 0.1) is 11.3 Å². The number of aliphatic hydroxyl groups excluding tert-OH is 1. The first kappa shape index (κ1) is 46.9. The highest BCUT2D eigenvalue weighted by Crippen LogP contribution is 2.53. The van der Waals surface area contributed by atoms with E-state index in [0.717, 1.165) is 71.0 Å². The Labute approximate surface area is 311 Å². The van der Waals surface area contributed by atoms with Crippen LogP contribution in [0.5, 0.6) is 0 Å². The molecule has 0 aromatic carbocycles. The summed E-state index contributed by atoms with van der Waals surface area (Å²) in [7, 11) is 0. The monoisotopic (exact) mass is 708 g/mol. The third-order valence-electron chi connectivity index (χ3n) is 11.3. The molecule has 1 rings (SSSR count). The Morgan fingerprint density at radius 3 is 1.64 bits per heavy atom. The van der Waals surface area contributed by atoms with Gasteiger partial charge in [0.1, 0.15) is 0 Å². The topological polar surface area (TPSA) is 76.1 Å². The van der Waals surface area contributed by atoms with E-state index in [1.54, 1.807) is 0 Å². The van der Waals surface area contributed by atoms with Crippen molar-refractivity contribution in [3.05, 3.63) is 0 Å². The van der Waals surface area contributed by atoms with Gasteiger partial charge in [0.25, 0.3) is 0 Å². The van der Waals surface area contributed by atoms with E-state index >= 15 is 0 Å². The van der Waals surface area contributed by atoms with E-state index in [1.165, 1.54) is 135 Å². The Morgan fingerprint density at radius 1 is 0.540 bits per heavy atom. The Bertz CT molecular complexity index is 758. The molecule has 1 fully saturated rings. The predicted molar refractivity (Wildman–Crippen MR) is 212 cm³/mol. The molecule has 0 bridgehead atoms. The molecule has 6 nitrogen and oxygen atoms in total. The number of carbonyl (C=O) groups is 2. The summed E-state index contributed by atoms with van der Waals surface area (Å²) in [4.78, 5) is 27.0. The fourth-order valence-corrected chi connectivity index (χ4v) is 7.50. The molecule has 1 saturated carbocycles. The number of carbonyl (C=O) groups excluding carboxylic acids is 2. The second-order valence-corrected chi connectivity index (χ2v) is 16.0. The molecule has 0 spiro atoms. The lowest BCUT2D eigenvalue weighted by molar-refractivity contribution is -0.145. The van der Waals surface area contributed by atoms with Crippen LogP contribution in [0.4, 0.5) is 0 Å². The van der Waals surface area contributed by atoms with Crippen LogP contribution < -0.4 is 0 Å². The fourth-order valence-electron chi connectivity index (χ4n) is 7.50. The van der Waals surface area contributed by atoms with Gasteiger partial charge in [0.2, 0.25) is 0 Å². The van der Waals surface area contributed by atoms with Crippen LogP contribution in [0.15, 0.2) is 0 Å². The Hall–Kier alpha value is -1.14. The van der Waals surface area contributed by atoms with Crippen molar-refractivity contribution in [3.63, 3.8) is 0 Å². The molecule has 296 valence electrons. The van der Waals surface area contributed by atoms with Gasteiger partial charge in [-0.25, -0.2) is 0 Å². The minimum atomic E-state index is -0.0243. The van der Waals surface area contributed by atoms with Crippen LogP contribution in [0.3, 0.4) is 0 Å². The van der Waals surface area contributed by atoms with Crippen LogP contribution in [-0.4, -0.2) is 61.4 Å². The van der Waals surface area contributed by atoms with Gasteiger partial charge in [-0.05, 0) is 82.2 Å². The van der Waals surface area contributed by atoms with Gasteiger partial charge in [-0.3, -0.25) is 9.59 Å². The highest BCUT2D eigenvalue weighted by Gasteiger charge is 2.41. The summed E-state index contributed by atoms with van der Waals surface area (Å²) in [5.41, 5.74) is 0.379. The molecule has 0 amide bonds. The molecule has 0 aromatic heterocycles. The largest absolute Gasteiger partial charge is 0.466 e. The highest BCUT2D eigenvalue weighted by atomic mass is 16.5. The van der Waals surface area contributed by atoms with Crippen molar-refractivity contribution >= 4 is 11.9 Å². The van der Waals surface area contributed by atoms with E-state index in [-0.39, 0.29) is 18.5 Å². The van der Waals surface area contributed by atoms with Gasteiger partial charge < -0.3 is 19.5 Å². The molecule has 0 unspecified atom stereocenters. The van der Waals surface area contributed by atoms with Crippen molar-refractivity contribution in [2.24, 2.45) is 11.3 Å². The third kappa shape index (κ3) is 28.4. The van der Waals surface area contributed by atoms with E-state index in [0.29, 0.717) is 37.4 Å². The maximum absolute atomic E-state index is 12.6. The molecule has 0 aliphatic heterocycles. The van der Waals surface area contributed by atoms with E-state index < -0.39 is 0 Å². The van der Waals surface area contributed by atoms with E-state index in [1.807, 2.05) is 0 Å². The quantitative estimate of drug-likeness (QED) is 0.0506. The number of esters is 2. The van der Waals surface area contributed by atoms with Gasteiger partial charge in [-0.2, -0.15) is 0 Å². The van der Waals surface area contributed by atoms with Crippen molar-refractivity contribution in [1.29, 1.82) is 0 Å². The van der Waals surface area contributed by atoms with E-state index in [2.05, 4.69) is 25.7 Å². The second-order valence-electron chi connectivity index (χ2n) is 16.0. The van der Waals surface area contributed by atoms with Crippen molar-refractivity contribution in [2.75, 3.05) is 39.5 Å². The first-order valence-electron chi connectivity index (χ1n) is 22.1. The molecule has 0 radical (unpaired) electrons. The average molecular weight is 708 g/mol. The van der Waals surface area contributed by atoms with Gasteiger partial charge in [0, 0.05) is 19.4 Å². The summed E-state index contributed by atoms with van der Waals surface area (Å²) in [6.07, 6.45) is 36.6. The lowest BCUT2D eigenvalue weighted by Gasteiger charge is -2.22. The van der Waals surface area contributed by atoms with Crippen LogP contribution in [0.2, 0.25) is 0 Å². The number of rotatable bonds is 39. The van der Waals surface area contributed by atoms with Gasteiger partial charge in [0.05, 0.1) is 19.8 Å². The summed E-state index contributed by atoms with van der Waals surface area (Å²) in [5, 5.41) is 9.59. The number of hydrogen-bond donors (Lipinski definition) is 1. The summed E-state index contributed by atoms with van der Waals surface area (Å²) < 4.78 is 11.2. The standard InChI is InChI=1S/C44H85NO5/c1-4-7-10-13-14-16-21-28-42(47)49-39-25-18-15-17-23-35-45(37-38-46)36-24-22-31-44(33-34-44)32-29-43(48)50-40-30-41(26-19-11-8-5-2)27-20-12-9-6-3/h41,46H,4-40H2,1-3H3. The molecule has 1 aliphatic rings. The first-order chi connectivity index (χ1) is 24.5. The first-order valence-corrected chi connectivity index (χ1v) is 22.1. The van der Waals surface area contributed by atoms with Crippen molar-refractivity contribution in [3.8, 4) is 0 Å².